The van der Waals surface area contributed by atoms with Crippen LogP contribution in [0.3, 0.4) is 0 Å². The van der Waals surface area contributed by atoms with Crippen molar-refractivity contribution in [2.75, 3.05) is 5.33 Å². The van der Waals surface area contributed by atoms with E-state index in [-0.39, 0.29) is 6.10 Å². The van der Waals surface area contributed by atoms with Gasteiger partial charge in [0.05, 0.1) is 6.10 Å². The molecule has 7 heavy (non-hydrogen) atoms. The van der Waals surface area contributed by atoms with Crippen molar-refractivity contribution in [3.05, 3.63) is 0 Å². The Morgan fingerprint density at radius 2 is 2.14 bits per heavy atom. The largest absolute Gasteiger partial charge is 0.393 e. The summed E-state index contributed by atoms with van der Waals surface area (Å²) in [5, 5.41) is 9.79. The molecule has 1 aliphatic rings. The van der Waals surface area contributed by atoms with Crippen LogP contribution in [0.5, 0.6) is 0 Å². The molecule has 0 amide bonds. The lowest BCUT2D eigenvalue weighted by Gasteiger charge is -2.29. The summed E-state index contributed by atoms with van der Waals surface area (Å²) in [6.45, 7) is 0. The molecule has 0 unspecified atom stereocenters. The minimum atomic E-state index is 0.0162. The van der Waals surface area contributed by atoms with Gasteiger partial charge in [0.1, 0.15) is 0 Å². The summed E-state index contributed by atoms with van der Waals surface area (Å²) < 4.78 is 0. The molecule has 42 valence electrons. The number of alkyl halides is 1. The molecule has 2 heteroatoms. The molecule has 0 bridgehead atoms. The number of aliphatic hydroxyl groups is 1. The van der Waals surface area contributed by atoms with Gasteiger partial charge in [0.15, 0.2) is 0 Å². The van der Waals surface area contributed by atoms with Gasteiger partial charge in [0, 0.05) is 5.33 Å². The molecule has 0 spiro atoms. The van der Waals surface area contributed by atoms with Crippen LogP contribution in [0.1, 0.15) is 12.8 Å². The van der Waals surface area contributed by atoms with Crippen LogP contribution in [-0.2, 0) is 0 Å². The van der Waals surface area contributed by atoms with Crippen molar-refractivity contribution in [3.63, 3.8) is 0 Å². The van der Waals surface area contributed by atoms with Crippen molar-refractivity contribution < 1.29 is 5.11 Å². The standard InChI is InChI=1S/C5H9BrO/c6-3-4-1-5(7)2-4/h4-5,7H,1-3H2/t4-,5+. The fraction of sp³-hybridized carbons (Fsp3) is 1.00. The zero-order chi connectivity index (χ0) is 5.28. The second kappa shape index (κ2) is 2.14. The molecule has 0 heterocycles. The van der Waals surface area contributed by atoms with Crippen molar-refractivity contribution in [1.29, 1.82) is 0 Å². The highest BCUT2D eigenvalue weighted by Gasteiger charge is 2.25. The summed E-state index contributed by atoms with van der Waals surface area (Å²) in [5.74, 6) is 0.759. The molecule has 0 aromatic rings. The second-order valence-corrected chi connectivity index (χ2v) is 2.79. The zero-order valence-electron chi connectivity index (χ0n) is 4.10. The molecule has 0 saturated heterocycles. The first-order valence-corrected chi connectivity index (χ1v) is 3.69. The second-order valence-electron chi connectivity index (χ2n) is 2.15. The van der Waals surface area contributed by atoms with Crippen LogP contribution in [-0.4, -0.2) is 16.5 Å². The molecule has 0 aliphatic heterocycles. The molecule has 0 radical (unpaired) electrons. The number of rotatable bonds is 1. The van der Waals surface area contributed by atoms with Gasteiger partial charge in [0.2, 0.25) is 0 Å². The van der Waals surface area contributed by atoms with E-state index < -0.39 is 0 Å². The molecule has 1 N–H and O–H groups in total. The van der Waals surface area contributed by atoms with Crippen LogP contribution in [0.15, 0.2) is 0 Å². The van der Waals surface area contributed by atoms with Crippen molar-refractivity contribution >= 4 is 15.9 Å². The van der Waals surface area contributed by atoms with Gasteiger partial charge in [-0.15, -0.1) is 0 Å². The smallest absolute Gasteiger partial charge is 0.0546 e. The van der Waals surface area contributed by atoms with Gasteiger partial charge in [-0.05, 0) is 18.8 Å². The summed E-state index contributed by atoms with van der Waals surface area (Å²) in [5.41, 5.74) is 0. The first-order valence-electron chi connectivity index (χ1n) is 2.57. The monoisotopic (exact) mass is 164 g/mol. The maximum absolute atomic E-state index is 8.73. The van der Waals surface area contributed by atoms with Crippen molar-refractivity contribution in [1.82, 2.24) is 0 Å². The summed E-state index contributed by atoms with van der Waals surface area (Å²) in [6, 6.07) is 0. The average molecular weight is 165 g/mol. The third-order valence-corrected chi connectivity index (χ3v) is 2.34. The Hall–Kier alpha value is 0.440. The number of aliphatic hydroxyl groups excluding tert-OH is 1. The fourth-order valence-electron chi connectivity index (χ4n) is 0.826. The molecule has 1 rings (SSSR count). The van der Waals surface area contributed by atoms with E-state index in [9.17, 15) is 0 Å². The summed E-state index contributed by atoms with van der Waals surface area (Å²) in [6.07, 6.45) is 2.03. The van der Waals surface area contributed by atoms with Gasteiger partial charge in [-0.2, -0.15) is 0 Å². The number of hydrogen-bond donors (Lipinski definition) is 1. The first-order chi connectivity index (χ1) is 3.33. The third kappa shape index (κ3) is 1.16. The normalized spacial score (nSPS) is 40.3. The predicted molar refractivity (Wildman–Crippen MR) is 32.5 cm³/mol. The fourth-order valence-corrected chi connectivity index (χ4v) is 1.36. The third-order valence-electron chi connectivity index (χ3n) is 1.43. The lowest BCUT2D eigenvalue weighted by molar-refractivity contribution is 0.0538. The zero-order valence-corrected chi connectivity index (χ0v) is 5.69. The maximum atomic E-state index is 8.73. The van der Waals surface area contributed by atoms with Crippen molar-refractivity contribution in [3.8, 4) is 0 Å². The highest BCUT2D eigenvalue weighted by Crippen LogP contribution is 2.28. The van der Waals surface area contributed by atoms with Crippen molar-refractivity contribution in [2.45, 2.75) is 18.9 Å². The van der Waals surface area contributed by atoms with E-state index >= 15 is 0 Å². The Bertz CT molecular complexity index is 59.1. The molecule has 1 saturated carbocycles. The van der Waals surface area contributed by atoms with E-state index in [4.69, 9.17) is 5.11 Å². The van der Waals surface area contributed by atoms with Gasteiger partial charge < -0.3 is 5.11 Å². The molecule has 1 fully saturated rings. The quantitative estimate of drug-likeness (QED) is 0.578. The maximum Gasteiger partial charge on any atom is 0.0546 e. The average Bonchev–Trinajstić information content (AvgIpc) is 1.58. The molecular formula is C5H9BrO. The molecule has 1 nitrogen and oxygen atoms in total. The summed E-state index contributed by atoms with van der Waals surface area (Å²) >= 11 is 3.34. The molecular weight excluding hydrogens is 156 g/mol. The van der Waals surface area contributed by atoms with Gasteiger partial charge in [-0.3, -0.25) is 0 Å². The molecule has 1 aliphatic carbocycles. The van der Waals surface area contributed by atoms with Crippen LogP contribution in [0.4, 0.5) is 0 Å². The van der Waals surface area contributed by atoms with Gasteiger partial charge >= 0.3 is 0 Å². The van der Waals surface area contributed by atoms with Crippen LogP contribution in [0.25, 0.3) is 0 Å². The predicted octanol–water partition coefficient (Wildman–Crippen LogP) is 1.15. The minimum absolute atomic E-state index is 0.0162. The van der Waals surface area contributed by atoms with Crippen LogP contribution in [0, 0.1) is 5.92 Å². The van der Waals surface area contributed by atoms with Gasteiger partial charge in [-0.25, -0.2) is 0 Å². The molecule has 0 aromatic carbocycles. The lowest BCUT2D eigenvalue weighted by atomic mass is 9.84. The Balaban J connectivity index is 2.06. The Morgan fingerprint density at radius 1 is 1.57 bits per heavy atom. The molecule has 0 atom stereocenters. The van der Waals surface area contributed by atoms with Gasteiger partial charge in [-0.1, -0.05) is 15.9 Å². The lowest BCUT2D eigenvalue weighted by Crippen LogP contribution is -2.28. The topological polar surface area (TPSA) is 20.2 Å². The number of halogens is 1. The highest BCUT2D eigenvalue weighted by molar-refractivity contribution is 9.09. The Morgan fingerprint density at radius 3 is 2.29 bits per heavy atom. The van der Waals surface area contributed by atoms with E-state index in [0.29, 0.717) is 0 Å². The Labute approximate surface area is 51.9 Å². The number of hydrogen-bond acceptors (Lipinski definition) is 1. The van der Waals surface area contributed by atoms with Crippen LogP contribution in [0.2, 0.25) is 0 Å². The minimum Gasteiger partial charge on any atom is -0.393 e. The Kier molecular flexibility index (Phi) is 1.70. The summed E-state index contributed by atoms with van der Waals surface area (Å²) in [7, 11) is 0. The van der Waals surface area contributed by atoms with Crippen molar-refractivity contribution in [2.24, 2.45) is 5.92 Å². The van der Waals surface area contributed by atoms with Crippen LogP contribution >= 0.6 is 15.9 Å². The molecule has 0 aromatic heterocycles. The highest BCUT2D eigenvalue weighted by atomic mass is 79.9. The first kappa shape index (κ1) is 5.57. The van der Waals surface area contributed by atoms with E-state index in [0.717, 1.165) is 24.1 Å². The van der Waals surface area contributed by atoms with E-state index in [2.05, 4.69) is 15.9 Å². The van der Waals surface area contributed by atoms with Crippen LogP contribution < -0.4 is 0 Å². The summed E-state index contributed by atoms with van der Waals surface area (Å²) in [4.78, 5) is 0. The van der Waals surface area contributed by atoms with E-state index in [1.54, 1.807) is 0 Å². The SMILES string of the molecule is O[C@H]1C[C@@H](CBr)C1. The van der Waals surface area contributed by atoms with Gasteiger partial charge in [0.25, 0.3) is 0 Å². The van der Waals surface area contributed by atoms with E-state index in [1.165, 1.54) is 0 Å². The van der Waals surface area contributed by atoms with E-state index in [1.807, 2.05) is 0 Å².